The topological polar surface area (TPSA) is 29.3 Å². The summed E-state index contributed by atoms with van der Waals surface area (Å²) in [4.78, 5) is 0. The normalized spacial score (nSPS) is 22.9. The first-order valence-corrected chi connectivity index (χ1v) is 4.23. The summed E-state index contributed by atoms with van der Waals surface area (Å²) in [6, 6.07) is 0. The molecule has 0 aromatic heterocycles. The number of nitrogens with two attached hydrogens (primary N) is 1. The van der Waals surface area contributed by atoms with Crippen molar-refractivity contribution in [1.29, 1.82) is 0 Å². The van der Waals surface area contributed by atoms with Gasteiger partial charge >= 0.3 is 21.1 Å². The Kier molecular flexibility index (Phi) is 5.58. The van der Waals surface area contributed by atoms with Crippen LogP contribution in [0.4, 0.5) is 0 Å². The third-order valence-electron chi connectivity index (χ3n) is 2.06. The van der Waals surface area contributed by atoms with E-state index in [0.717, 1.165) is 29.6 Å². The Morgan fingerprint density at radius 2 is 1.55 bits per heavy atom. The van der Waals surface area contributed by atoms with Crippen molar-refractivity contribution in [2.45, 2.75) is 37.8 Å². The van der Waals surface area contributed by atoms with Gasteiger partial charge in [-0.25, -0.2) is 0 Å². The van der Waals surface area contributed by atoms with Gasteiger partial charge in [0.05, 0.1) is 5.66 Å². The summed E-state index contributed by atoms with van der Waals surface area (Å²) in [7, 11) is 0. The summed E-state index contributed by atoms with van der Waals surface area (Å²) in [5.74, 6) is 0. The molecule has 0 heterocycles. The maximum atomic E-state index is 5.86. The van der Waals surface area contributed by atoms with Crippen LogP contribution in [0, 0.1) is 0 Å². The van der Waals surface area contributed by atoms with Crippen LogP contribution in [-0.4, -0.2) is 9.60 Å². The summed E-state index contributed by atoms with van der Waals surface area (Å²) in [6.07, 6.45) is 5.32. The third kappa shape index (κ3) is 3.20. The molecule has 0 spiro atoms. The molecule has 11 heavy (non-hydrogen) atoms. The molecule has 0 saturated heterocycles. The minimum Gasteiger partial charge on any atom is -0.311 e. The second-order valence-electron chi connectivity index (χ2n) is 2.90. The van der Waals surface area contributed by atoms with E-state index in [4.69, 9.17) is 29.3 Å². The van der Waals surface area contributed by atoms with Crippen LogP contribution in [-0.2, 0) is 21.1 Å². The fourth-order valence-corrected chi connectivity index (χ4v) is 1.67. The first-order chi connectivity index (χ1) is 4.65. The van der Waals surface area contributed by atoms with Gasteiger partial charge < -0.3 is 5.73 Å². The minimum absolute atomic E-state index is 0. The van der Waals surface area contributed by atoms with E-state index < -0.39 is 5.66 Å². The van der Waals surface area contributed by atoms with Gasteiger partial charge in [-0.2, -0.15) is 0 Å². The Hall–Kier alpha value is 1.19. The molecule has 1 aliphatic rings. The maximum absolute atomic E-state index is 5.86. The molecular weight excluding hydrogens is 366 g/mol. The Morgan fingerprint density at radius 1 is 1.09 bits per heavy atom. The van der Waals surface area contributed by atoms with Gasteiger partial charge in [-0.05, 0) is 36.4 Å². The number of halogens is 2. The van der Waals surface area contributed by atoms with Gasteiger partial charge in [0.1, 0.15) is 0 Å². The van der Waals surface area contributed by atoms with Crippen molar-refractivity contribution in [2.75, 3.05) is 0 Å². The summed E-state index contributed by atoms with van der Waals surface area (Å²) < 4.78 is 1.10. The van der Waals surface area contributed by atoms with Gasteiger partial charge in [-0.15, -0.1) is 3.94 Å². The van der Waals surface area contributed by atoms with Crippen LogP contribution < -0.4 is 5.73 Å². The van der Waals surface area contributed by atoms with Crippen molar-refractivity contribution >= 4 is 23.6 Å². The van der Waals surface area contributed by atoms with Gasteiger partial charge in [-0.1, -0.05) is 19.3 Å². The van der Waals surface area contributed by atoms with Crippen LogP contribution in [0.2, 0.25) is 0 Å². The Morgan fingerprint density at radius 3 is 1.82 bits per heavy atom. The predicted octanol–water partition coefficient (Wildman–Crippen LogP) is 2.21. The number of nitrogens with zero attached hydrogens (tertiary/aromatic N) is 1. The molecule has 0 radical (unpaired) electrons. The quantitative estimate of drug-likeness (QED) is 0.560. The van der Waals surface area contributed by atoms with E-state index in [-0.39, 0.29) is 21.1 Å². The molecule has 2 N–H and O–H groups in total. The van der Waals surface area contributed by atoms with Crippen molar-refractivity contribution in [1.82, 2.24) is 3.94 Å². The molecule has 1 saturated carbocycles. The second kappa shape index (κ2) is 5.03. The zero-order chi connectivity index (χ0) is 7.61. The van der Waals surface area contributed by atoms with Gasteiger partial charge in [0.25, 0.3) is 0 Å². The first kappa shape index (κ1) is 12.2. The Labute approximate surface area is 91.9 Å². The van der Waals surface area contributed by atoms with Gasteiger partial charge in [0.2, 0.25) is 0 Å². The van der Waals surface area contributed by atoms with Gasteiger partial charge in [0.15, 0.2) is 0 Å². The van der Waals surface area contributed by atoms with E-state index in [9.17, 15) is 0 Å². The average Bonchev–Trinajstić information content (AvgIpc) is 1.89. The molecule has 0 aromatic carbocycles. The third-order valence-corrected chi connectivity index (χ3v) is 2.73. The zero-order valence-corrected chi connectivity index (χ0v) is 9.92. The van der Waals surface area contributed by atoms with E-state index in [0.29, 0.717) is 0 Å². The average molecular weight is 378 g/mol. The summed E-state index contributed by atoms with van der Waals surface area (Å²) in [6.45, 7) is 0. The zero-order valence-electron chi connectivity index (χ0n) is 6.13. The van der Waals surface area contributed by atoms with E-state index in [1.807, 2.05) is 0 Å². The van der Waals surface area contributed by atoms with Gasteiger partial charge in [-0.3, -0.25) is 0 Å². The van der Waals surface area contributed by atoms with Crippen LogP contribution in [0.25, 0.3) is 0 Å². The molecule has 0 aromatic rings. The van der Waals surface area contributed by atoms with E-state index >= 15 is 0 Å². The summed E-state index contributed by atoms with van der Waals surface area (Å²) in [5.41, 5.74) is 5.41. The number of hydrogen-bond donors (Lipinski definition) is 1. The van der Waals surface area contributed by atoms with Crippen LogP contribution in [0.5, 0.6) is 0 Å². The molecule has 1 rings (SSSR count). The predicted molar refractivity (Wildman–Crippen MR) is 43.5 cm³/mol. The van der Waals surface area contributed by atoms with Crippen LogP contribution in [0.15, 0.2) is 0 Å². The molecule has 0 bridgehead atoms. The Bertz CT molecular complexity index is 115. The molecule has 1 fully saturated rings. The standard InChI is InChI=1S/C6H12Cl2N2.Pt/c7-10(8)6(9)4-2-1-3-5-6;/h1-5,9H2;/q;+2. The molecule has 0 aliphatic heterocycles. The van der Waals surface area contributed by atoms with Crippen molar-refractivity contribution < 1.29 is 21.1 Å². The molecule has 0 amide bonds. The van der Waals surface area contributed by atoms with Crippen molar-refractivity contribution in [2.24, 2.45) is 5.73 Å². The van der Waals surface area contributed by atoms with Crippen molar-refractivity contribution in [3.05, 3.63) is 0 Å². The summed E-state index contributed by atoms with van der Waals surface area (Å²) >= 11 is 11.1. The molecule has 5 heteroatoms. The Balaban J connectivity index is 0.000001000. The second-order valence-corrected chi connectivity index (χ2v) is 3.75. The smallest absolute Gasteiger partial charge is 0.311 e. The number of rotatable bonds is 1. The fraction of sp³-hybridized carbons (Fsp3) is 1.00. The van der Waals surface area contributed by atoms with E-state index in [1.165, 1.54) is 6.42 Å². The maximum Gasteiger partial charge on any atom is 2.00 e. The van der Waals surface area contributed by atoms with Gasteiger partial charge in [0, 0.05) is 0 Å². The molecule has 68 valence electrons. The monoisotopic (exact) mass is 377 g/mol. The number of hydrogen-bond acceptors (Lipinski definition) is 2. The van der Waals surface area contributed by atoms with E-state index in [1.54, 1.807) is 0 Å². The SMILES string of the molecule is NC1(N(Cl)Cl)CCCCC1.[Pt+2]. The van der Waals surface area contributed by atoms with Crippen LogP contribution >= 0.6 is 23.6 Å². The molecule has 2 nitrogen and oxygen atoms in total. The molecule has 0 unspecified atom stereocenters. The fourth-order valence-electron chi connectivity index (χ4n) is 1.33. The van der Waals surface area contributed by atoms with E-state index in [2.05, 4.69) is 0 Å². The van der Waals surface area contributed by atoms with Crippen molar-refractivity contribution in [3.63, 3.8) is 0 Å². The molecule has 1 aliphatic carbocycles. The summed E-state index contributed by atoms with van der Waals surface area (Å²) in [5, 5.41) is 0. The largest absolute Gasteiger partial charge is 2.00 e. The van der Waals surface area contributed by atoms with Crippen LogP contribution in [0.1, 0.15) is 32.1 Å². The minimum atomic E-state index is -0.457. The first-order valence-electron chi connectivity index (χ1n) is 3.56. The van der Waals surface area contributed by atoms with Crippen molar-refractivity contribution in [3.8, 4) is 0 Å². The van der Waals surface area contributed by atoms with Crippen LogP contribution in [0.3, 0.4) is 0 Å². The molecule has 0 atom stereocenters. The molecular formula is C6H12Cl2N2Pt+2.